The van der Waals surface area contributed by atoms with Gasteiger partial charge < -0.3 is 26.1 Å². The smallest absolute Gasteiger partial charge is 0.341 e. The highest BCUT2D eigenvalue weighted by atomic mass is 16.5. The Bertz CT molecular complexity index is 830. The number of methoxy groups -OCH3 is 1. The predicted octanol–water partition coefficient (Wildman–Crippen LogP) is 1.81. The van der Waals surface area contributed by atoms with E-state index in [1.165, 1.54) is 13.2 Å². The summed E-state index contributed by atoms with van der Waals surface area (Å²) >= 11 is 0. The Hall–Kier alpha value is -3.41. The minimum absolute atomic E-state index is 0.0133. The fourth-order valence-electron chi connectivity index (χ4n) is 3.40. The number of nitriles is 1. The van der Waals surface area contributed by atoms with Crippen molar-refractivity contribution in [3.05, 3.63) is 29.1 Å². The van der Waals surface area contributed by atoms with Crippen molar-refractivity contribution in [2.24, 2.45) is 0 Å². The molecule has 0 radical (unpaired) electrons. The van der Waals surface area contributed by atoms with E-state index in [1.54, 1.807) is 6.20 Å². The summed E-state index contributed by atoms with van der Waals surface area (Å²) in [5.41, 5.74) is 0.646. The number of rotatable bonds is 9. The lowest BCUT2D eigenvalue weighted by atomic mass is 9.90. The van der Waals surface area contributed by atoms with Gasteiger partial charge in [-0.3, -0.25) is 4.79 Å². The van der Waals surface area contributed by atoms with Crippen LogP contribution in [0, 0.1) is 16.7 Å². The molecule has 1 aromatic rings. The lowest BCUT2D eigenvalue weighted by molar-refractivity contribution is -0.110. The van der Waals surface area contributed by atoms with Crippen LogP contribution in [0.3, 0.4) is 0 Å². The maximum atomic E-state index is 12.3. The summed E-state index contributed by atoms with van der Waals surface area (Å²) in [6.45, 7) is 2.52. The van der Waals surface area contributed by atoms with Gasteiger partial charge in [0.25, 0.3) is 0 Å². The number of anilines is 1. The first-order valence-corrected chi connectivity index (χ1v) is 9.53. The molecule has 1 aliphatic rings. The highest BCUT2D eigenvalue weighted by molar-refractivity contribution is 6.12. The Morgan fingerprint density at radius 1 is 1.41 bits per heavy atom. The number of hydrogen-bond donors (Lipinski definition) is 4. The Balaban J connectivity index is 2.52. The van der Waals surface area contributed by atoms with Crippen LogP contribution in [0.4, 0.5) is 5.82 Å². The van der Waals surface area contributed by atoms with Gasteiger partial charge in [0.05, 0.1) is 18.4 Å². The van der Waals surface area contributed by atoms with Crippen LogP contribution in [0.25, 0.3) is 5.57 Å². The third-order valence-electron chi connectivity index (χ3n) is 4.80. The number of carbonyl (C=O) groups is 2. The number of allylic oxidation sites excluding steroid dienone is 1. The van der Waals surface area contributed by atoms with Gasteiger partial charge in [-0.2, -0.15) is 5.26 Å². The minimum Gasteiger partial charge on any atom is -0.465 e. The largest absolute Gasteiger partial charge is 0.465 e. The molecule has 2 atom stereocenters. The average Bonchev–Trinajstić information content (AvgIpc) is 2.75. The van der Waals surface area contributed by atoms with Gasteiger partial charge in [0.2, 0.25) is 6.41 Å². The van der Waals surface area contributed by atoms with E-state index in [0.717, 1.165) is 31.9 Å². The number of pyridine rings is 1. The van der Waals surface area contributed by atoms with E-state index >= 15 is 0 Å². The van der Waals surface area contributed by atoms with Crippen molar-refractivity contribution in [2.45, 2.75) is 44.7 Å². The molecule has 2 unspecified atom stereocenters. The summed E-state index contributed by atoms with van der Waals surface area (Å²) in [4.78, 5) is 27.8. The number of esters is 1. The third-order valence-corrected chi connectivity index (χ3v) is 4.80. The summed E-state index contributed by atoms with van der Waals surface area (Å²) < 4.78 is 4.84. The molecule has 4 N–H and O–H groups in total. The molecule has 1 fully saturated rings. The molecule has 1 saturated carbocycles. The molecule has 9 heteroatoms. The van der Waals surface area contributed by atoms with Crippen LogP contribution in [-0.4, -0.2) is 49.3 Å². The van der Waals surface area contributed by atoms with E-state index in [9.17, 15) is 14.9 Å². The van der Waals surface area contributed by atoms with Crippen molar-refractivity contribution in [1.82, 2.24) is 15.6 Å². The van der Waals surface area contributed by atoms with Crippen LogP contribution in [0.15, 0.2) is 12.3 Å². The molecule has 2 rings (SSSR count). The second-order valence-corrected chi connectivity index (χ2v) is 6.61. The zero-order valence-corrected chi connectivity index (χ0v) is 16.6. The van der Waals surface area contributed by atoms with Gasteiger partial charge >= 0.3 is 5.97 Å². The van der Waals surface area contributed by atoms with Gasteiger partial charge in [-0.05, 0) is 25.8 Å². The van der Waals surface area contributed by atoms with Gasteiger partial charge in [0, 0.05) is 36.6 Å². The molecule has 1 aromatic heterocycles. The Labute approximate surface area is 170 Å². The predicted molar refractivity (Wildman–Crippen MR) is 110 cm³/mol. The highest BCUT2D eigenvalue weighted by Crippen LogP contribution is 2.26. The first-order valence-electron chi connectivity index (χ1n) is 9.53. The maximum Gasteiger partial charge on any atom is 0.341 e. The second kappa shape index (κ2) is 10.8. The molecule has 0 aliphatic heterocycles. The molecule has 9 nitrogen and oxygen atoms in total. The van der Waals surface area contributed by atoms with Crippen molar-refractivity contribution in [2.75, 3.05) is 19.0 Å². The standard InChI is InChI=1S/C20H26N6O3/c1-3-23-11-14(10-22)19-18(20(28)29-2)13(9-21)8-17(26-19)25-16-7-5-4-6-15(16)24-12-27/h8,10-12,15-16,22-23H,3-7H2,1-2H3,(H,24,27)(H,25,26)/b14-11+,22-10?. The van der Waals surface area contributed by atoms with Crippen molar-refractivity contribution >= 4 is 30.0 Å². The van der Waals surface area contributed by atoms with E-state index in [-0.39, 0.29) is 28.9 Å². The van der Waals surface area contributed by atoms with Crippen molar-refractivity contribution in [3.63, 3.8) is 0 Å². The molecule has 0 saturated heterocycles. The van der Waals surface area contributed by atoms with Crippen molar-refractivity contribution in [1.29, 1.82) is 10.7 Å². The Kier molecular flexibility index (Phi) is 8.15. The normalized spacial score (nSPS) is 18.9. The lowest BCUT2D eigenvalue weighted by Gasteiger charge is -2.32. The van der Waals surface area contributed by atoms with Gasteiger partial charge in [0.15, 0.2) is 0 Å². The fraction of sp³-hybridized carbons (Fsp3) is 0.450. The van der Waals surface area contributed by atoms with E-state index in [2.05, 4.69) is 20.9 Å². The first-order chi connectivity index (χ1) is 14.1. The topological polar surface area (TPSA) is 140 Å². The van der Waals surface area contributed by atoms with E-state index in [4.69, 9.17) is 10.1 Å². The molecule has 0 bridgehead atoms. The van der Waals surface area contributed by atoms with Crippen LogP contribution in [0.1, 0.15) is 54.2 Å². The number of hydrogen-bond acceptors (Lipinski definition) is 8. The highest BCUT2D eigenvalue weighted by Gasteiger charge is 2.27. The van der Waals surface area contributed by atoms with Gasteiger partial charge in [0.1, 0.15) is 17.5 Å². The number of amides is 1. The molecule has 1 aliphatic carbocycles. The van der Waals surface area contributed by atoms with Crippen molar-refractivity contribution in [3.8, 4) is 6.07 Å². The molecule has 0 spiro atoms. The number of nitrogens with zero attached hydrogens (tertiary/aromatic N) is 2. The first kappa shape index (κ1) is 21.9. The van der Waals surface area contributed by atoms with Crippen LogP contribution >= 0.6 is 0 Å². The lowest BCUT2D eigenvalue weighted by Crippen LogP contribution is -2.45. The molecular weight excluding hydrogens is 372 g/mol. The van der Waals surface area contributed by atoms with Gasteiger partial charge in [-0.1, -0.05) is 12.8 Å². The van der Waals surface area contributed by atoms with E-state index < -0.39 is 5.97 Å². The van der Waals surface area contributed by atoms with Gasteiger partial charge in [-0.25, -0.2) is 9.78 Å². The zero-order chi connectivity index (χ0) is 21.2. The quantitative estimate of drug-likeness (QED) is 0.282. The molecule has 154 valence electrons. The fourth-order valence-corrected chi connectivity index (χ4v) is 3.40. The summed E-state index contributed by atoms with van der Waals surface area (Å²) in [5.74, 6) is -0.295. The third kappa shape index (κ3) is 5.31. The summed E-state index contributed by atoms with van der Waals surface area (Å²) in [6, 6.07) is 3.43. The SMILES string of the molecule is CCN/C=C(\C=N)c1nc(NC2CCCCC2NC=O)cc(C#N)c1C(=O)OC. The number of ether oxygens (including phenoxy) is 1. The average molecular weight is 398 g/mol. The number of carbonyl (C=O) groups excluding carboxylic acids is 2. The van der Waals surface area contributed by atoms with Crippen molar-refractivity contribution < 1.29 is 14.3 Å². The van der Waals surface area contributed by atoms with Crippen LogP contribution in [0.2, 0.25) is 0 Å². The molecular formula is C20H26N6O3. The monoisotopic (exact) mass is 398 g/mol. The summed E-state index contributed by atoms with van der Waals surface area (Å²) in [7, 11) is 1.23. The molecule has 1 amide bonds. The molecule has 0 aromatic carbocycles. The zero-order valence-electron chi connectivity index (χ0n) is 16.6. The summed E-state index contributed by atoms with van der Waals surface area (Å²) in [5, 5.41) is 26.5. The van der Waals surface area contributed by atoms with Crippen LogP contribution in [-0.2, 0) is 9.53 Å². The van der Waals surface area contributed by atoms with Crippen LogP contribution < -0.4 is 16.0 Å². The van der Waals surface area contributed by atoms with E-state index in [1.807, 2.05) is 13.0 Å². The summed E-state index contributed by atoms with van der Waals surface area (Å²) in [6.07, 6.45) is 7.06. The number of nitrogens with one attached hydrogen (secondary N) is 4. The number of aromatic nitrogens is 1. The molecule has 29 heavy (non-hydrogen) atoms. The Morgan fingerprint density at radius 3 is 2.72 bits per heavy atom. The molecule has 1 heterocycles. The second-order valence-electron chi connectivity index (χ2n) is 6.61. The minimum atomic E-state index is -0.696. The Morgan fingerprint density at radius 2 is 2.14 bits per heavy atom. The van der Waals surface area contributed by atoms with Crippen LogP contribution in [0.5, 0.6) is 0 Å². The van der Waals surface area contributed by atoms with E-state index in [0.29, 0.717) is 24.3 Å². The van der Waals surface area contributed by atoms with Gasteiger partial charge in [-0.15, -0.1) is 0 Å². The maximum absolute atomic E-state index is 12.3.